The molecule has 0 bridgehead atoms. The minimum Gasteiger partial charge on any atom is -0.493 e. The van der Waals surface area contributed by atoms with Gasteiger partial charge in [-0.15, -0.1) is 0 Å². The maximum Gasteiger partial charge on any atom is 0.237 e. The highest BCUT2D eigenvalue weighted by Crippen LogP contribution is 2.21. The van der Waals surface area contributed by atoms with E-state index in [4.69, 9.17) is 10.5 Å². The maximum atomic E-state index is 12.0. The Balaban J connectivity index is 2.67. The summed E-state index contributed by atoms with van der Waals surface area (Å²) in [6.07, 6.45) is 1.01. The van der Waals surface area contributed by atoms with Crippen molar-refractivity contribution in [3.8, 4) is 5.75 Å². The van der Waals surface area contributed by atoms with Crippen LogP contribution in [0.1, 0.15) is 45.2 Å². The van der Waals surface area contributed by atoms with Gasteiger partial charge in [0.2, 0.25) is 5.91 Å². The van der Waals surface area contributed by atoms with Crippen LogP contribution < -0.4 is 15.8 Å². The number of rotatable bonds is 8. The number of carbonyl (C=O) groups excluding carboxylic acids is 1. The summed E-state index contributed by atoms with van der Waals surface area (Å²) in [4.78, 5) is 12.0. The second kappa shape index (κ2) is 8.79. The van der Waals surface area contributed by atoms with Crippen LogP contribution in [0.4, 0.5) is 0 Å². The van der Waals surface area contributed by atoms with Crippen LogP contribution in [0.15, 0.2) is 18.2 Å². The van der Waals surface area contributed by atoms with Crippen molar-refractivity contribution in [3.05, 3.63) is 29.3 Å². The van der Waals surface area contributed by atoms with E-state index in [2.05, 4.69) is 19.2 Å². The Morgan fingerprint density at radius 2 is 1.95 bits per heavy atom. The standard InChI is InChI=1S/C18H30N2O2/c1-12(2)8-9-22-16-10-14(5)6-7-15(16)11-20-18(21)17(19)13(3)4/h6-7,10,12-13,17H,8-9,11,19H2,1-5H3,(H,20,21)/t17-/m0/s1. The first kappa shape index (κ1) is 18.5. The summed E-state index contributed by atoms with van der Waals surface area (Å²) in [5, 5.41) is 2.90. The number of hydrogen-bond acceptors (Lipinski definition) is 3. The fourth-order valence-corrected chi connectivity index (χ4v) is 1.95. The molecule has 0 saturated heterocycles. The van der Waals surface area contributed by atoms with E-state index in [1.165, 1.54) is 0 Å². The van der Waals surface area contributed by atoms with E-state index >= 15 is 0 Å². The molecule has 3 N–H and O–H groups in total. The Labute approximate surface area is 134 Å². The van der Waals surface area contributed by atoms with Gasteiger partial charge in [-0.1, -0.05) is 39.8 Å². The molecule has 1 aromatic carbocycles. The largest absolute Gasteiger partial charge is 0.493 e. The fraction of sp³-hybridized carbons (Fsp3) is 0.611. The average molecular weight is 306 g/mol. The predicted octanol–water partition coefficient (Wildman–Crippen LogP) is 3.02. The van der Waals surface area contributed by atoms with Gasteiger partial charge in [0, 0.05) is 12.1 Å². The molecule has 0 unspecified atom stereocenters. The Kier molecular flexibility index (Phi) is 7.39. The Bertz CT molecular complexity index is 484. The lowest BCUT2D eigenvalue weighted by Gasteiger charge is -2.17. The number of nitrogens with two attached hydrogens (primary N) is 1. The number of amides is 1. The quantitative estimate of drug-likeness (QED) is 0.776. The van der Waals surface area contributed by atoms with Crippen LogP contribution in [0.5, 0.6) is 5.75 Å². The second-order valence-electron chi connectivity index (χ2n) is 6.63. The SMILES string of the molecule is Cc1ccc(CNC(=O)[C@@H](N)C(C)C)c(OCCC(C)C)c1. The molecule has 0 aliphatic heterocycles. The van der Waals surface area contributed by atoms with Crippen molar-refractivity contribution in [1.29, 1.82) is 0 Å². The molecule has 0 aliphatic carbocycles. The molecule has 1 rings (SSSR count). The van der Waals surface area contributed by atoms with E-state index in [0.29, 0.717) is 19.1 Å². The highest BCUT2D eigenvalue weighted by molar-refractivity contribution is 5.81. The monoisotopic (exact) mass is 306 g/mol. The number of benzene rings is 1. The summed E-state index contributed by atoms with van der Waals surface area (Å²) in [6, 6.07) is 5.57. The molecule has 1 atom stereocenters. The lowest BCUT2D eigenvalue weighted by Crippen LogP contribution is -2.43. The molecule has 22 heavy (non-hydrogen) atoms. The summed E-state index contributed by atoms with van der Waals surface area (Å²) >= 11 is 0. The predicted molar refractivity (Wildman–Crippen MR) is 90.8 cm³/mol. The zero-order chi connectivity index (χ0) is 16.7. The van der Waals surface area contributed by atoms with Crippen LogP contribution in [0.2, 0.25) is 0 Å². The molecule has 0 spiro atoms. The normalized spacial score (nSPS) is 12.5. The molecular weight excluding hydrogens is 276 g/mol. The maximum absolute atomic E-state index is 12.0. The van der Waals surface area contributed by atoms with Gasteiger partial charge < -0.3 is 15.8 Å². The third-order valence-electron chi connectivity index (χ3n) is 3.65. The smallest absolute Gasteiger partial charge is 0.237 e. The van der Waals surface area contributed by atoms with Crippen LogP contribution in [0.3, 0.4) is 0 Å². The molecule has 0 aliphatic rings. The zero-order valence-corrected chi connectivity index (χ0v) is 14.5. The number of aryl methyl sites for hydroxylation is 1. The third kappa shape index (κ3) is 6.06. The first-order valence-electron chi connectivity index (χ1n) is 8.07. The van der Waals surface area contributed by atoms with Gasteiger partial charge in [0.15, 0.2) is 0 Å². The minimum absolute atomic E-state index is 0.122. The highest BCUT2D eigenvalue weighted by atomic mass is 16.5. The van der Waals surface area contributed by atoms with Crippen molar-refractivity contribution >= 4 is 5.91 Å². The molecule has 0 aromatic heterocycles. The van der Waals surface area contributed by atoms with Gasteiger partial charge in [-0.05, 0) is 36.8 Å². The van der Waals surface area contributed by atoms with Crippen molar-refractivity contribution in [2.75, 3.05) is 6.61 Å². The third-order valence-corrected chi connectivity index (χ3v) is 3.65. The highest BCUT2D eigenvalue weighted by Gasteiger charge is 2.17. The summed E-state index contributed by atoms with van der Waals surface area (Å²) < 4.78 is 5.89. The Morgan fingerprint density at radius 3 is 2.55 bits per heavy atom. The molecule has 4 nitrogen and oxygen atoms in total. The van der Waals surface area contributed by atoms with Crippen LogP contribution in [0, 0.1) is 18.8 Å². The summed E-state index contributed by atoms with van der Waals surface area (Å²) in [5.74, 6) is 1.46. The number of carbonyl (C=O) groups is 1. The number of nitrogens with one attached hydrogen (secondary N) is 1. The van der Waals surface area contributed by atoms with Crippen molar-refractivity contribution in [2.45, 2.75) is 53.6 Å². The van der Waals surface area contributed by atoms with Gasteiger partial charge in [-0.25, -0.2) is 0 Å². The molecule has 4 heteroatoms. The van der Waals surface area contributed by atoms with Gasteiger partial charge in [0.25, 0.3) is 0 Å². The molecular formula is C18H30N2O2. The van der Waals surface area contributed by atoms with E-state index in [0.717, 1.165) is 23.3 Å². The van der Waals surface area contributed by atoms with Crippen molar-refractivity contribution in [2.24, 2.45) is 17.6 Å². The van der Waals surface area contributed by atoms with Crippen molar-refractivity contribution in [1.82, 2.24) is 5.32 Å². The van der Waals surface area contributed by atoms with Gasteiger partial charge >= 0.3 is 0 Å². The molecule has 1 aromatic rings. The van der Waals surface area contributed by atoms with Crippen LogP contribution in [-0.2, 0) is 11.3 Å². The van der Waals surface area contributed by atoms with Gasteiger partial charge in [-0.2, -0.15) is 0 Å². The Morgan fingerprint density at radius 1 is 1.27 bits per heavy atom. The van der Waals surface area contributed by atoms with Gasteiger partial charge in [-0.3, -0.25) is 4.79 Å². The lowest BCUT2D eigenvalue weighted by molar-refractivity contribution is -0.123. The van der Waals surface area contributed by atoms with Crippen LogP contribution >= 0.6 is 0 Å². The van der Waals surface area contributed by atoms with E-state index < -0.39 is 6.04 Å². The summed E-state index contributed by atoms with van der Waals surface area (Å²) in [7, 11) is 0. The van der Waals surface area contributed by atoms with Crippen LogP contribution in [-0.4, -0.2) is 18.6 Å². The van der Waals surface area contributed by atoms with E-state index in [-0.39, 0.29) is 11.8 Å². The number of ether oxygens (including phenoxy) is 1. The number of hydrogen-bond donors (Lipinski definition) is 2. The van der Waals surface area contributed by atoms with Crippen molar-refractivity contribution in [3.63, 3.8) is 0 Å². The molecule has 0 saturated carbocycles. The fourth-order valence-electron chi connectivity index (χ4n) is 1.95. The first-order valence-corrected chi connectivity index (χ1v) is 8.07. The molecule has 124 valence electrons. The van der Waals surface area contributed by atoms with E-state index in [9.17, 15) is 4.79 Å². The van der Waals surface area contributed by atoms with E-state index in [1.807, 2.05) is 39.0 Å². The van der Waals surface area contributed by atoms with Gasteiger partial charge in [0.05, 0.1) is 12.6 Å². The molecule has 0 radical (unpaired) electrons. The molecule has 0 fully saturated rings. The van der Waals surface area contributed by atoms with Crippen LogP contribution in [0.25, 0.3) is 0 Å². The topological polar surface area (TPSA) is 64.4 Å². The lowest BCUT2D eigenvalue weighted by atomic mass is 10.0. The summed E-state index contributed by atoms with van der Waals surface area (Å²) in [5.41, 5.74) is 7.99. The molecule has 1 amide bonds. The van der Waals surface area contributed by atoms with Gasteiger partial charge in [0.1, 0.15) is 5.75 Å². The first-order chi connectivity index (χ1) is 10.3. The average Bonchev–Trinajstić information content (AvgIpc) is 2.44. The zero-order valence-electron chi connectivity index (χ0n) is 14.5. The van der Waals surface area contributed by atoms with Crippen molar-refractivity contribution < 1.29 is 9.53 Å². The van der Waals surface area contributed by atoms with E-state index in [1.54, 1.807) is 0 Å². The summed E-state index contributed by atoms with van der Waals surface area (Å²) in [6.45, 7) is 11.4. The second-order valence-corrected chi connectivity index (χ2v) is 6.63. The minimum atomic E-state index is -0.476. The Hall–Kier alpha value is -1.55. The molecule has 0 heterocycles.